The van der Waals surface area contributed by atoms with Gasteiger partial charge in [0.05, 0.1) is 11.4 Å². The summed E-state index contributed by atoms with van der Waals surface area (Å²) >= 11 is 0. The molecule has 7 heteroatoms. The van der Waals surface area contributed by atoms with E-state index in [1.165, 1.54) is 0 Å². The van der Waals surface area contributed by atoms with Crippen LogP contribution in [-0.4, -0.2) is 31.3 Å². The number of hydrogen-bond acceptors (Lipinski definition) is 4. The molecule has 1 aromatic heterocycles. The van der Waals surface area contributed by atoms with Crippen LogP contribution in [0.4, 0.5) is 0 Å². The van der Waals surface area contributed by atoms with Crippen molar-refractivity contribution in [1.29, 1.82) is 0 Å². The molecule has 1 rings (SSSR count). The molecule has 0 aromatic carbocycles. The van der Waals surface area contributed by atoms with Crippen LogP contribution in [0, 0.1) is 19.8 Å². The monoisotopic (exact) mass is 302 g/mol. The molecule has 0 aliphatic rings. The molecule has 0 aliphatic carbocycles. The van der Waals surface area contributed by atoms with Crippen molar-refractivity contribution in [3.8, 4) is 0 Å². The van der Waals surface area contributed by atoms with Gasteiger partial charge in [-0.3, -0.25) is 4.68 Å². The second-order valence-electron chi connectivity index (χ2n) is 5.47. The van der Waals surface area contributed by atoms with Gasteiger partial charge in [-0.15, -0.1) is 0 Å². The van der Waals surface area contributed by atoms with E-state index in [2.05, 4.69) is 23.7 Å². The Labute approximate surface area is 121 Å². The number of rotatable bonds is 8. The Morgan fingerprint density at radius 3 is 2.50 bits per heavy atom. The number of aromatic nitrogens is 2. The van der Waals surface area contributed by atoms with Gasteiger partial charge in [0.2, 0.25) is 10.0 Å². The highest BCUT2D eigenvalue weighted by atomic mass is 32.2. The van der Waals surface area contributed by atoms with Crippen LogP contribution in [0.5, 0.6) is 0 Å². The molecule has 1 heterocycles. The molecular formula is C13H26N4O2S. The van der Waals surface area contributed by atoms with Crippen LogP contribution >= 0.6 is 0 Å². The summed E-state index contributed by atoms with van der Waals surface area (Å²) in [5.74, 6) is 0.418. The third-order valence-corrected chi connectivity index (χ3v) is 4.76. The summed E-state index contributed by atoms with van der Waals surface area (Å²) in [4.78, 5) is 0.311. The maximum Gasteiger partial charge on any atom is 0.244 e. The van der Waals surface area contributed by atoms with Gasteiger partial charge in [0.25, 0.3) is 0 Å². The van der Waals surface area contributed by atoms with Gasteiger partial charge in [0.1, 0.15) is 4.90 Å². The number of nitrogens with two attached hydrogens (primary N) is 1. The van der Waals surface area contributed by atoms with Gasteiger partial charge in [-0.2, -0.15) is 5.10 Å². The molecule has 0 radical (unpaired) electrons. The molecule has 0 unspecified atom stereocenters. The van der Waals surface area contributed by atoms with Crippen LogP contribution in [0.15, 0.2) is 4.90 Å². The van der Waals surface area contributed by atoms with Crippen LogP contribution in [0.3, 0.4) is 0 Å². The Morgan fingerprint density at radius 2 is 1.95 bits per heavy atom. The number of aryl methyl sites for hydroxylation is 1. The van der Waals surface area contributed by atoms with E-state index in [0.717, 1.165) is 19.4 Å². The van der Waals surface area contributed by atoms with Crippen molar-refractivity contribution in [2.75, 3.05) is 13.1 Å². The molecule has 20 heavy (non-hydrogen) atoms. The van der Waals surface area contributed by atoms with E-state index in [-0.39, 0.29) is 0 Å². The van der Waals surface area contributed by atoms with E-state index < -0.39 is 10.0 Å². The minimum Gasteiger partial charge on any atom is -0.330 e. The van der Waals surface area contributed by atoms with E-state index >= 15 is 0 Å². The molecule has 116 valence electrons. The zero-order chi connectivity index (χ0) is 15.3. The van der Waals surface area contributed by atoms with Gasteiger partial charge in [0.15, 0.2) is 0 Å². The average Bonchev–Trinajstić information content (AvgIpc) is 2.60. The van der Waals surface area contributed by atoms with Crippen molar-refractivity contribution in [1.82, 2.24) is 14.5 Å². The minimum absolute atomic E-state index is 0.311. The molecule has 0 saturated heterocycles. The zero-order valence-electron chi connectivity index (χ0n) is 12.8. The van der Waals surface area contributed by atoms with Crippen molar-refractivity contribution in [3.63, 3.8) is 0 Å². The van der Waals surface area contributed by atoms with Crippen LogP contribution in [0.1, 0.15) is 38.1 Å². The van der Waals surface area contributed by atoms with E-state index in [9.17, 15) is 8.42 Å². The predicted molar refractivity (Wildman–Crippen MR) is 80.0 cm³/mol. The van der Waals surface area contributed by atoms with Crippen LogP contribution in [0.2, 0.25) is 0 Å². The van der Waals surface area contributed by atoms with Gasteiger partial charge in [-0.1, -0.05) is 13.8 Å². The lowest BCUT2D eigenvalue weighted by Crippen LogP contribution is -2.26. The van der Waals surface area contributed by atoms with Crippen LogP contribution in [0.25, 0.3) is 0 Å². The normalized spacial score (nSPS) is 12.3. The van der Waals surface area contributed by atoms with E-state index in [1.807, 2.05) is 0 Å². The quantitative estimate of drug-likeness (QED) is 0.705. The van der Waals surface area contributed by atoms with Gasteiger partial charge < -0.3 is 5.73 Å². The molecule has 0 aliphatic heterocycles. The average molecular weight is 302 g/mol. The molecule has 0 saturated carbocycles. The first kappa shape index (κ1) is 17.1. The number of hydrogen-bond donors (Lipinski definition) is 2. The lowest BCUT2D eigenvalue weighted by Gasteiger charge is -2.09. The molecule has 3 N–H and O–H groups in total. The maximum absolute atomic E-state index is 12.3. The van der Waals surface area contributed by atoms with E-state index in [0.29, 0.717) is 35.3 Å². The predicted octanol–water partition coefficient (Wildman–Crippen LogP) is 1.17. The topological polar surface area (TPSA) is 90.0 Å². The summed E-state index contributed by atoms with van der Waals surface area (Å²) in [6.45, 7) is 9.40. The Hall–Kier alpha value is -0.920. The molecule has 0 spiro atoms. The first-order chi connectivity index (χ1) is 9.29. The first-order valence-corrected chi connectivity index (χ1v) is 8.51. The number of sulfonamides is 1. The van der Waals surface area contributed by atoms with Crippen LogP contribution in [-0.2, 0) is 16.6 Å². The molecular weight excluding hydrogens is 276 g/mol. The molecule has 1 aromatic rings. The summed E-state index contributed by atoms with van der Waals surface area (Å²) < 4.78 is 29.1. The summed E-state index contributed by atoms with van der Waals surface area (Å²) in [7, 11) is -3.49. The first-order valence-electron chi connectivity index (χ1n) is 7.03. The zero-order valence-corrected chi connectivity index (χ0v) is 13.6. The fourth-order valence-corrected chi connectivity index (χ4v) is 3.62. The highest BCUT2D eigenvalue weighted by Crippen LogP contribution is 2.20. The van der Waals surface area contributed by atoms with Crippen LogP contribution < -0.4 is 10.5 Å². The fraction of sp³-hybridized carbons (Fsp3) is 0.769. The van der Waals surface area contributed by atoms with Gasteiger partial charge in [-0.05, 0) is 39.2 Å². The summed E-state index contributed by atoms with van der Waals surface area (Å²) in [5.41, 5.74) is 6.64. The smallest absolute Gasteiger partial charge is 0.244 e. The van der Waals surface area contributed by atoms with E-state index in [1.54, 1.807) is 18.5 Å². The van der Waals surface area contributed by atoms with Crippen molar-refractivity contribution in [2.24, 2.45) is 11.7 Å². The highest BCUT2D eigenvalue weighted by Gasteiger charge is 2.24. The van der Waals surface area contributed by atoms with Gasteiger partial charge in [-0.25, -0.2) is 13.1 Å². The maximum atomic E-state index is 12.3. The number of nitrogens with one attached hydrogen (secondary N) is 1. The number of unbranched alkanes of at least 4 members (excludes halogenated alkanes) is 1. The van der Waals surface area contributed by atoms with Gasteiger partial charge in [0, 0.05) is 13.1 Å². The third kappa shape index (κ3) is 4.29. The Balaban J connectivity index is 2.92. The van der Waals surface area contributed by atoms with Gasteiger partial charge >= 0.3 is 0 Å². The van der Waals surface area contributed by atoms with Crippen molar-refractivity contribution < 1.29 is 8.42 Å². The standard InChI is InChI=1S/C13H26N4O2S/c1-10(2)9-17-12(4)13(11(3)16-17)20(18,19)15-8-6-5-7-14/h10,15H,5-9,14H2,1-4H3. The van der Waals surface area contributed by atoms with Crippen molar-refractivity contribution in [3.05, 3.63) is 11.4 Å². The van der Waals surface area contributed by atoms with Crippen molar-refractivity contribution in [2.45, 2.75) is 52.0 Å². The molecule has 6 nitrogen and oxygen atoms in total. The summed E-state index contributed by atoms with van der Waals surface area (Å²) in [5, 5.41) is 4.34. The Kier molecular flexibility index (Phi) is 6.16. The molecule has 0 bridgehead atoms. The summed E-state index contributed by atoms with van der Waals surface area (Å²) in [6.07, 6.45) is 1.56. The largest absolute Gasteiger partial charge is 0.330 e. The highest BCUT2D eigenvalue weighted by molar-refractivity contribution is 7.89. The van der Waals surface area contributed by atoms with Crippen molar-refractivity contribution >= 4 is 10.0 Å². The summed E-state index contributed by atoms with van der Waals surface area (Å²) in [6, 6.07) is 0. The second kappa shape index (κ2) is 7.19. The second-order valence-corrected chi connectivity index (χ2v) is 7.17. The molecule has 0 atom stereocenters. The Bertz CT molecular complexity index is 535. The lowest BCUT2D eigenvalue weighted by molar-refractivity contribution is 0.471. The third-order valence-electron chi connectivity index (χ3n) is 3.04. The SMILES string of the molecule is Cc1nn(CC(C)C)c(C)c1S(=O)(=O)NCCCCN. The minimum atomic E-state index is -3.49. The fourth-order valence-electron chi connectivity index (χ4n) is 2.14. The lowest BCUT2D eigenvalue weighted by atomic mass is 10.2. The number of nitrogens with zero attached hydrogens (tertiary/aromatic N) is 2. The molecule has 0 amide bonds. The molecule has 0 fully saturated rings. The van der Waals surface area contributed by atoms with E-state index in [4.69, 9.17) is 5.73 Å². The Morgan fingerprint density at radius 1 is 1.30 bits per heavy atom.